The van der Waals surface area contributed by atoms with Gasteiger partial charge in [-0.05, 0) is 18.2 Å². The second kappa shape index (κ2) is 7.06. The Hall–Kier alpha value is -2.67. The number of methoxy groups -OCH3 is 1. The van der Waals surface area contributed by atoms with Crippen LogP contribution in [0.4, 0.5) is 10.7 Å². The molecule has 6 nitrogen and oxygen atoms in total. The van der Waals surface area contributed by atoms with Gasteiger partial charge in [0.25, 0.3) is 0 Å². The molecule has 23 heavy (non-hydrogen) atoms. The predicted octanol–water partition coefficient (Wildman–Crippen LogP) is 3.55. The zero-order chi connectivity index (χ0) is 15.5. The van der Waals surface area contributed by atoms with Crippen molar-refractivity contribution in [3.63, 3.8) is 0 Å². The molecule has 0 aliphatic carbocycles. The van der Waals surface area contributed by atoms with Gasteiger partial charge in [0.15, 0.2) is 5.78 Å². The van der Waals surface area contributed by atoms with E-state index < -0.39 is 6.09 Å². The number of hydrogen-bond acceptors (Lipinski definition) is 4. The number of fused-ring (bicyclic) bond motifs is 1. The van der Waals surface area contributed by atoms with Crippen molar-refractivity contribution in [2.45, 2.75) is 0 Å². The Kier molecular flexibility index (Phi) is 5.13. The maximum atomic E-state index is 12.4. The minimum absolute atomic E-state index is 0. The van der Waals surface area contributed by atoms with Gasteiger partial charge in [-0.2, -0.15) is 0 Å². The standard InChI is InChI=1S/C16H13N3O3.BrH/c1-22-16(21)19-15-17-12-8-7-11(9-13(12)18-15)14(20)10-5-3-2-4-6-10;/h2-9H,1H3,(H2,17,18,19,21);1H. The number of nitrogens with one attached hydrogen (secondary N) is 2. The number of nitrogens with zero attached hydrogens (tertiary/aromatic N) is 1. The minimum atomic E-state index is -0.611. The summed E-state index contributed by atoms with van der Waals surface area (Å²) in [6, 6.07) is 14.2. The lowest BCUT2D eigenvalue weighted by Gasteiger charge is -2.00. The Bertz CT molecular complexity index is 846. The van der Waals surface area contributed by atoms with Gasteiger partial charge in [-0.25, -0.2) is 9.78 Å². The summed E-state index contributed by atoms with van der Waals surface area (Å²) >= 11 is 0. The van der Waals surface area contributed by atoms with E-state index in [1.807, 2.05) is 18.2 Å². The maximum Gasteiger partial charge on any atom is 0.413 e. The Morgan fingerprint density at radius 3 is 2.52 bits per heavy atom. The lowest BCUT2D eigenvalue weighted by Crippen LogP contribution is -2.11. The SMILES string of the molecule is Br.COC(=O)Nc1nc2cc(C(=O)c3ccccc3)ccc2[nH]1. The summed E-state index contributed by atoms with van der Waals surface area (Å²) in [6.45, 7) is 0. The van der Waals surface area contributed by atoms with Crippen LogP contribution in [-0.4, -0.2) is 29.0 Å². The highest BCUT2D eigenvalue weighted by atomic mass is 79.9. The first-order chi connectivity index (χ1) is 10.7. The molecule has 0 radical (unpaired) electrons. The Labute approximate surface area is 142 Å². The Balaban J connectivity index is 0.00000192. The molecule has 1 heterocycles. The number of aromatic nitrogens is 2. The average molecular weight is 376 g/mol. The van der Waals surface area contributed by atoms with E-state index in [1.165, 1.54) is 7.11 Å². The highest BCUT2D eigenvalue weighted by Gasteiger charge is 2.12. The molecule has 1 amide bonds. The summed E-state index contributed by atoms with van der Waals surface area (Å²) in [4.78, 5) is 30.7. The topological polar surface area (TPSA) is 84.1 Å². The van der Waals surface area contributed by atoms with E-state index in [1.54, 1.807) is 30.3 Å². The molecule has 0 unspecified atom stereocenters. The summed E-state index contributed by atoms with van der Waals surface area (Å²) in [5.74, 6) is 0.194. The third-order valence-corrected chi connectivity index (χ3v) is 3.19. The van der Waals surface area contributed by atoms with Gasteiger partial charge in [-0.3, -0.25) is 10.1 Å². The van der Waals surface area contributed by atoms with Crippen molar-refractivity contribution in [1.29, 1.82) is 0 Å². The fourth-order valence-electron chi connectivity index (χ4n) is 2.11. The maximum absolute atomic E-state index is 12.4. The van der Waals surface area contributed by atoms with E-state index in [0.717, 1.165) is 5.52 Å². The van der Waals surface area contributed by atoms with Crippen LogP contribution in [0.2, 0.25) is 0 Å². The van der Waals surface area contributed by atoms with Crippen LogP contribution >= 0.6 is 17.0 Å². The summed E-state index contributed by atoms with van der Waals surface area (Å²) in [6.07, 6.45) is -0.611. The molecule has 0 aliphatic rings. The van der Waals surface area contributed by atoms with Crippen molar-refractivity contribution in [3.05, 3.63) is 59.7 Å². The van der Waals surface area contributed by atoms with Gasteiger partial charge in [0.05, 0.1) is 18.1 Å². The van der Waals surface area contributed by atoms with Gasteiger partial charge in [0.1, 0.15) is 0 Å². The molecular weight excluding hydrogens is 362 g/mol. The van der Waals surface area contributed by atoms with Crippen molar-refractivity contribution in [2.24, 2.45) is 0 Å². The van der Waals surface area contributed by atoms with Crippen molar-refractivity contribution < 1.29 is 14.3 Å². The molecule has 0 bridgehead atoms. The molecule has 0 saturated carbocycles. The molecule has 0 fully saturated rings. The van der Waals surface area contributed by atoms with E-state index in [0.29, 0.717) is 16.6 Å². The lowest BCUT2D eigenvalue weighted by molar-refractivity contribution is 0.103. The molecule has 1 aromatic heterocycles. The molecule has 3 aromatic rings. The molecule has 0 saturated heterocycles. The number of ketones is 1. The summed E-state index contributed by atoms with van der Waals surface area (Å²) in [5, 5.41) is 2.45. The molecule has 0 atom stereocenters. The van der Waals surface area contributed by atoms with Gasteiger partial charge in [0, 0.05) is 11.1 Å². The van der Waals surface area contributed by atoms with Gasteiger partial charge < -0.3 is 9.72 Å². The molecular formula is C16H14BrN3O3. The summed E-state index contributed by atoms with van der Waals surface area (Å²) in [7, 11) is 1.27. The van der Waals surface area contributed by atoms with Crippen LogP contribution in [-0.2, 0) is 4.74 Å². The van der Waals surface area contributed by atoms with Crippen LogP contribution in [0, 0.1) is 0 Å². The van der Waals surface area contributed by atoms with Crippen molar-refractivity contribution in [2.75, 3.05) is 12.4 Å². The van der Waals surface area contributed by atoms with E-state index in [-0.39, 0.29) is 28.7 Å². The number of ether oxygens (including phenoxy) is 1. The predicted molar refractivity (Wildman–Crippen MR) is 92.3 cm³/mol. The third-order valence-electron chi connectivity index (χ3n) is 3.19. The lowest BCUT2D eigenvalue weighted by atomic mass is 10.0. The number of hydrogen-bond donors (Lipinski definition) is 2. The molecule has 0 spiro atoms. The second-order valence-electron chi connectivity index (χ2n) is 4.63. The van der Waals surface area contributed by atoms with Crippen molar-refractivity contribution in [3.8, 4) is 0 Å². The van der Waals surface area contributed by atoms with Crippen LogP contribution in [0.5, 0.6) is 0 Å². The van der Waals surface area contributed by atoms with E-state index in [2.05, 4.69) is 20.0 Å². The first-order valence-corrected chi connectivity index (χ1v) is 6.62. The zero-order valence-corrected chi connectivity index (χ0v) is 13.9. The van der Waals surface area contributed by atoms with Gasteiger partial charge in [-0.1, -0.05) is 30.3 Å². The largest absolute Gasteiger partial charge is 0.453 e. The van der Waals surface area contributed by atoms with Crippen LogP contribution in [0.25, 0.3) is 11.0 Å². The number of carbonyl (C=O) groups is 2. The molecule has 3 rings (SSSR count). The number of H-pyrrole nitrogens is 1. The number of aromatic amines is 1. The number of imidazole rings is 1. The van der Waals surface area contributed by atoms with Gasteiger partial charge in [-0.15, -0.1) is 17.0 Å². The van der Waals surface area contributed by atoms with Crippen molar-refractivity contribution in [1.82, 2.24) is 9.97 Å². The molecule has 2 aromatic carbocycles. The molecule has 7 heteroatoms. The Morgan fingerprint density at radius 1 is 1.09 bits per heavy atom. The van der Waals surface area contributed by atoms with E-state index >= 15 is 0 Å². The highest BCUT2D eigenvalue weighted by molar-refractivity contribution is 8.93. The Morgan fingerprint density at radius 2 is 1.83 bits per heavy atom. The van der Waals surface area contributed by atoms with E-state index in [4.69, 9.17) is 0 Å². The van der Waals surface area contributed by atoms with Crippen LogP contribution < -0.4 is 5.32 Å². The highest BCUT2D eigenvalue weighted by Crippen LogP contribution is 2.18. The van der Waals surface area contributed by atoms with Crippen molar-refractivity contribution >= 4 is 45.8 Å². The zero-order valence-electron chi connectivity index (χ0n) is 12.2. The number of carbonyl (C=O) groups excluding carboxylic acids is 2. The smallest absolute Gasteiger partial charge is 0.413 e. The number of halogens is 1. The molecule has 2 N–H and O–H groups in total. The normalized spacial score (nSPS) is 9.96. The van der Waals surface area contributed by atoms with Gasteiger partial charge >= 0.3 is 6.09 Å². The number of anilines is 1. The van der Waals surface area contributed by atoms with Crippen LogP contribution in [0.15, 0.2) is 48.5 Å². The first kappa shape index (κ1) is 16.7. The average Bonchev–Trinajstić information content (AvgIpc) is 2.96. The number of amides is 1. The van der Waals surface area contributed by atoms with E-state index in [9.17, 15) is 9.59 Å². The third kappa shape index (κ3) is 3.57. The first-order valence-electron chi connectivity index (χ1n) is 6.62. The van der Waals surface area contributed by atoms with Crippen LogP contribution in [0.1, 0.15) is 15.9 Å². The number of rotatable bonds is 3. The number of benzene rings is 2. The summed E-state index contributed by atoms with van der Waals surface area (Å²) < 4.78 is 4.51. The fraction of sp³-hybridized carbons (Fsp3) is 0.0625. The monoisotopic (exact) mass is 375 g/mol. The minimum Gasteiger partial charge on any atom is -0.453 e. The summed E-state index contributed by atoms with van der Waals surface area (Å²) in [5.41, 5.74) is 2.46. The molecule has 0 aliphatic heterocycles. The second-order valence-corrected chi connectivity index (χ2v) is 4.63. The fourth-order valence-corrected chi connectivity index (χ4v) is 2.11. The van der Waals surface area contributed by atoms with Crippen LogP contribution in [0.3, 0.4) is 0 Å². The van der Waals surface area contributed by atoms with Gasteiger partial charge in [0.2, 0.25) is 5.95 Å². The quantitative estimate of drug-likeness (QED) is 0.685. The molecule has 118 valence electrons.